The number of amides is 1. The highest BCUT2D eigenvalue weighted by molar-refractivity contribution is 5.93. The van der Waals surface area contributed by atoms with Crippen LogP contribution in [-0.4, -0.2) is 34.3 Å². The van der Waals surface area contributed by atoms with Crippen LogP contribution in [0.25, 0.3) is 0 Å². The molecule has 0 aliphatic carbocycles. The summed E-state index contributed by atoms with van der Waals surface area (Å²) in [6.45, 7) is 2.96. The highest BCUT2D eigenvalue weighted by Gasteiger charge is 2.56. The molecular formula is C26H24F3N3O4. The third kappa shape index (κ3) is 5.58. The molecule has 0 bridgehead atoms. The Morgan fingerprint density at radius 2 is 1.64 bits per heavy atom. The quantitative estimate of drug-likeness (QED) is 0.449. The maximum absolute atomic E-state index is 13.6. The second kappa shape index (κ2) is 10.7. The molecule has 2 N–H and O–H groups in total. The van der Waals surface area contributed by atoms with Gasteiger partial charge in [0.05, 0.1) is 12.0 Å². The lowest BCUT2D eigenvalue weighted by atomic mass is 9.90. The van der Waals surface area contributed by atoms with Gasteiger partial charge in [-0.25, -0.2) is 0 Å². The van der Waals surface area contributed by atoms with Gasteiger partial charge >= 0.3 is 12.1 Å². The van der Waals surface area contributed by atoms with Crippen LogP contribution in [0.4, 0.5) is 19.0 Å². The number of hydrogen-bond donors (Lipinski definition) is 2. The summed E-state index contributed by atoms with van der Waals surface area (Å²) in [5.74, 6) is -2.07. The molecule has 3 rings (SSSR count). The number of esters is 1. The molecule has 0 spiro atoms. The van der Waals surface area contributed by atoms with E-state index < -0.39 is 42.2 Å². The smallest absolute Gasteiger partial charge is 0.422 e. The predicted octanol–water partition coefficient (Wildman–Crippen LogP) is 4.35. The molecule has 0 saturated carbocycles. The van der Waals surface area contributed by atoms with Gasteiger partial charge in [-0.1, -0.05) is 60.7 Å². The number of alkyl halides is 3. The van der Waals surface area contributed by atoms with E-state index in [1.807, 2.05) is 36.4 Å². The number of carbonyl (C=O) groups excluding carboxylic acids is 2. The fourth-order valence-electron chi connectivity index (χ4n) is 3.75. The first-order valence-corrected chi connectivity index (χ1v) is 10.9. The van der Waals surface area contributed by atoms with Gasteiger partial charge in [-0.2, -0.15) is 18.4 Å². The maximum atomic E-state index is 13.6. The van der Waals surface area contributed by atoms with Crippen molar-refractivity contribution in [3.8, 4) is 6.07 Å². The fraction of sp³-hybridized carbons (Fsp3) is 0.269. The zero-order valence-corrected chi connectivity index (χ0v) is 19.6. The summed E-state index contributed by atoms with van der Waals surface area (Å²) < 4.78 is 47.3. The topological polar surface area (TPSA) is 104 Å². The number of rotatable bonds is 8. The van der Waals surface area contributed by atoms with Crippen molar-refractivity contribution in [2.75, 3.05) is 11.9 Å². The molecule has 3 aromatic rings. The van der Waals surface area contributed by atoms with Crippen LogP contribution in [0.2, 0.25) is 0 Å². The number of aliphatic hydroxyl groups is 1. The fourth-order valence-corrected chi connectivity index (χ4v) is 3.75. The molecule has 0 fully saturated rings. The number of hydrogen-bond acceptors (Lipinski definition) is 5. The number of halogens is 3. The van der Waals surface area contributed by atoms with Gasteiger partial charge in [0.1, 0.15) is 11.9 Å². The Bertz CT molecular complexity index is 1280. The van der Waals surface area contributed by atoms with Gasteiger partial charge in [-0.05, 0) is 30.5 Å². The van der Waals surface area contributed by atoms with Gasteiger partial charge in [0, 0.05) is 12.2 Å². The van der Waals surface area contributed by atoms with Gasteiger partial charge in [-0.15, -0.1) is 0 Å². The maximum Gasteiger partial charge on any atom is 0.422 e. The molecule has 0 unspecified atom stereocenters. The van der Waals surface area contributed by atoms with Crippen LogP contribution in [0, 0.1) is 25.2 Å². The number of anilines is 1. The van der Waals surface area contributed by atoms with Crippen LogP contribution in [0.15, 0.2) is 60.7 Å². The molecule has 1 aromatic heterocycles. The summed E-state index contributed by atoms with van der Waals surface area (Å²) in [6, 6.07) is 17.5. The normalized spacial score (nSPS) is 12.9. The highest BCUT2D eigenvalue weighted by atomic mass is 19.4. The Balaban J connectivity index is 1.73. The summed E-state index contributed by atoms with van der Waals surface area (Å²) in [5, 5.41) is 22.4. The molecule has 188 valence electrons. The molecule has 0 aliphatic rings. The molecule has 0 aliphatic heterocycles. The van der Waals surface area contributed by atoms with E-state index in [1.165, 1.54) is 18.2 Å². The first-order valence-electron chi connectivity index (χ1n) is 10.9. The number of carbonyl (C=O) groups is 2. The van der Waals surface area contributed by atoms with Gasteiger partial charge in [0.15, 0.2) is 12.2 Å². The Kier molecular flexibility index (Phi) is 7.85. The van der Waals surface area contributed by atoms with Crippen molar-refractivity contribution in [1.29, 1.82) is 5.26 Å². The first-order chi connectivity index (χ1) is 17.0. The van der Waals surface area contributed by atoms with Gasteiger partial charge in [-0.3, -0.25) is 9.59 Å². The lowest BCUT2D eigenvalue weighted by molar-refractivity contribution is -0.269. The second-order valence-corrected chi connectivity index (χ2v) is 8.23. The van der Waals surface area contributed by atoms with Crippen molar-refractivity contribution in [3.63, 3.8) is 0 Å². The van der Waals surface area contributed by atoms with E-state index in [1.54, 1.807) is 18.4 Å². The van der Waals surface area contributed by atoms with Crippen molar-refractivity contribution >= 4 is 17.7 Å². The van der Waals surface area contributed by atoms with E-state index >= 15 is 0 Å². The summed E-state index contributed by atoms with van der Waals surface area (Å²) in [5.41, 5.74) is -1.48. The van der Waals surface area contributed by atoms with Crippen molar-refractivity contribution in [2.24, 2.45) is 0 Å². The molecule has 0 radical (unpaired) electrons. The summed E-state index contributed by atoms with van der Waals surface area (Å²) in [7, 11) is 0. The highest BCUT2D eigenvalue weighted by Crippen LogP contribution is 2.41. The van der Waals surface area contributed by atoms with Gasteiger partial charge in [0.25, 0.3) is 5.91 Å². The lowest BCUT2D eigenvalue weighted by Crippen LogP contribution is -2.44. The summed E-state index contributed by atoms with van der Waals surface area (Å²) in [4.78, 5) is 24.8. The number of ether oxygens (including phenoxy) is 1. The van der Waals surface area contributed by atoms with Crippen molar-refractivity contribution in [3.05, 3.63) is 88.6 Å². The number of nitrogens with one attached hydrogen (secondary N) is 1. The van der Waals surface area contributed by atoms with Crippen LogP contribution < -0.4 is 5.32 Å². The average molecular weight is 499 g/mol. The Hall–Kier alpha value is -4.10. The van der Waals surface area contributed by atoms with Crippen molar-refractivity contribution in [2.45, 2.75) is 38.6 Å². The van der Waals surface area contributed by atoms with Crippen LogP contribution in [0.5, 0.6) is 0 Å². The van der Waals surface area contributed by atoms with Crippen LogP contribution in [-0.2, 0) is 26.5 Å². The molecule has 0 saturated heterocycles. The average Bonchev–Trinajstić information content (AvgIpc) is 3.06. The predicted molar refractivity (Wildman–Crippen MR) is 125 cm³/mol. The third-order valence-electron chi connectivity index (χ3n) is 5.87. The van der Waals surface area contributed by atoms with Crippen LogP contribution in [0.1, 0.15) is 34.4 Å². The molecule has 36 heavy (non-hydrogen) atoms. The summed E-state index contributed by atoms with van der Waals surface area (Å²) >= 11 is 0. The first kappa shape index (κ1) is 26.5. The molecule has 1 heterocycles. The minimum absolute atomic E-state index is 0.188. The lowest BCUT2D eigenvalue weighted by Gasteiger charge is -2.30. The van der Waals surface area contributed by atoms with Gasteiger partial charge in [0.2, 0.25) is 0 Å². The third-order valence-corrected chi connectivity index (χ3v) is 5.87. The van der Waals surface area contributed by atoms with E-state index in [9.17, 15) is 33.1 Å². The van der Waals surface area contributed by atoms with Crippen molar-refractivity contribution in [1.82, 2.24) is 4.57 Å². The number of aromatic nitrogens is 1. The van der Waals surface area contributed by atoms with E-state index in [0.29, 0.717) is 12.1 Å². The SMILES string of the molecule is Cc1c(C#N)c(NC(=O)COC(=O)C[C@@](O)(c2ccccc2)C(F)(F)F)n(Cc2ccccc2)c1C. The molecule has 1 amide bonds. The molecule has 1 atom stereocenters. The van der Waals surface area contributed by atoms with E-state index in [2.05, 4.69) is 5.32 Å². The van der Waals surface area contributed by atoms with Gasteiger partial charge < -0.3 is 19.7 Å². The Morgan fingerprint density at radius 3 is 2.19 bits per heavy atom. The second-order valence-electron chi connectivity index (χ2n) is 8.23. The molecule has 10 heteroatoms. The monoisotopic (exact) mass is 499 g/mol. The molecule has 7 nitrogen and oxygen atoms in total. The molecule has 2 aromatic carbocycles. The zero-order valence-electron chi connectivity index (χ0n) is 19.6. The number of nitrogens with zero attached hydrogens (tertiary/aromatic N) is 2. The minimum Gasteiger partial charge on any atom is -0.455 e. The number of nitriles is 1. The van der Waals surface area contributed by atoms with E-state index in [0.717, 1.165) is 23.4 Å². The molecular weight excluding hydrogens is 475 g/mol. The van der Waals surface area contributed by atoms with Crippen LogP contribution >= 0.6 is 0 Å². The van der Waals surface area contributed by atoms with E-state index in [4.69, 9.17) is 4.74 Å². The number of benzene rings is 2. The summed E-state index contributed by atoms with van der Waals surface area (Å²) in [6.07, 6.45) is -6.59. The standard InChI is InChI=1S/C26H24F3N3O4/c1-17-18(2)32(15-19-9-5-3-6-10-19)24(21(17)14-30)31-22(33)16-36-23(34)13-25(35,26(27,28)29)20-11-7-4-8-12-20/h3-12,35H,13,15-16H2,1-2H3,(H,31,33)/t25-/m1/s1. The van der Waals surface area contributed by atoms with Crippen LogP contribution in [0.3, 0.4) is 0 Å². The van der Waals surface area contributed by atoms with E-state index in [-0.39, 0.29) is 11.4 Å². The van der Waals surface area contributed by atoms with Crippen molar-refractivity contribution < 1.29 is 32.6 Å². The Labute approximate surface area is 205 Å². The minimum atomic E-state index is -5.16. The Morgan fingerprint density at radius 1 is 1.06 bits per heavy atom. The zero-order chi connectivity index (χ0) is 26.5. The largest absolute Gasteiger partial charge is 0.455 e.